The van der Waals surface area contributed by atoms with Gasteiger partial charge in [-0.05, 0) is 25.7 Å². The monoisotopic (exact) mass is 646 g/mol. The molecule has 0 unspecified atom stereocenters. The molecule has 0 aromatic carbocycles. The molecule has 14 N–H and O–H groups in total. The fraction of sp³-hybridized carbons (Fsp3) is 0.625. The summed E-state index contributed by atoms with van der Waals surface area (Å²) in [5.74, 6) is -6.16. The number of hydrogen-bond donors (Lipinski definition) is 10. The molecule has 0 aromatic heterocycles. The molecule has 2 aliphatic rings. The molecule has 19 nitrogen and oxygen atoms in total. The number of carboxylic acids is 2. The van der Waals surface area contributed by atoms with Gasteiger partial charge in [0.25, 0.3) is 5.91 Å². The lowest BCUT2D eigenvalue weighted by atomic mass is 10.0. The number of carboxylic acid groups (broad SMARTS) is 2. The molecule has 0 spiro atoms. The Balaban J connectivity index is 2.04. The summed E-state index contributed by atoms with van der Waals surface area (Å²) in [4.78, 5) is 77.6. The van der Waals surface area contributed by atoms with Gasteiger partial charge < -0.3 is 58.7 Å². The number of carbonyl (C=O) groups is 6. The number of aliphatic hydroxyl groups is 2. The number of nitrogens with two attached hydrogens (primary N) is 4. The molecule has 0 radical (unpaired) electrons. The maximum Gasteiger partial charge on any atom is 0.352 e. The Labute approximate surface area is 255 Å². The molecule has 1 fully saturated rings. The van der Waals surface area contributed by atoms with E-state index in [-0.39, 0.29) is 55.9 Å². The van der Waals surface area contributed by atoms with Gasteiger partial charge in [0.15, 0.2) is 12.1 Å². The van der Waals surface area contributed by atoms with E-state index in [2.05, 4.69) is 15.6 Å². The van der Waals surface area contributed by atoms with Gasteiger partial charge in [0, 0.05) is 24.3 Å². The summed E-state index contributed by atoms with van der Waals surface area (Å²) in [5, 5.41) is 42.5. The molecule has 6 atom stereocenters. The van der Waals surface area contributed by atoms with Crippen molar-refractivity contribution in [2.24, 2.45) is 27.9 Å². The van der Waals surface area contributed by atoms with Crippen LogP contribution in [0.2, 0.25) is 0 Å². The Kier molecular flexibility index (Phi) is 13.8. The third kappa shape index (κ3) is 9.77. The minimum absolute atomic E-state index is 0.000704. The second kappa shape index (κ2) is 16.8. The summed E-state index contributed by atoms with van der Waals surface area (Å²) in [6.07, 6.45) is -1.57. The molecular formula is C24H38N8O11S. The molecule has 0 aliphatic carbocycles. The van der Waals surface area contributed by atoms with Crippen molar-refractivity contribution in [3.8, 4) is 0 Å². The van der Waals surface area contributed by atoms with E-state index in [1.165, 1.54) is 0 Å². The predicted octanol–water partition coefficient (Wildman–Crippen LogP) is -4.93. The largest absolute Gasteiger partial charge is 0.480 e. The summed E-state index contributed by atoms with van der Waals surface area (Å²) in [6.45, 7) is -1.19. The number of carbonyl (C=O) groups excluding carboxylic acids is 4. The van der Waals surface area contributed by atoms with Crippen LogP contribution in [-0.2, 0) is 33.5 Å². The van der Waals surface area contributed by atoms with Crippen molar-refractivity contribution in [2.45, 2.75) is 67.7 Å². The van der Waals surface area contributed by atoms with Gasteiger partial charge in [-0.15, -0.1) is 11.8 Å². The smallest absolute Gasteiger partial charge is 0.352 e. The molecule has 1 saturated heterocycles. The van der Waals surface area contributed by atoms with Crippen molar-refractivity contribution in [3.63, 3.8) is 0 Å². The van der Waals surface area contributed by atoms with E-state index < -0.39 is 90.2 Å². The number of aliphatic carboxylic acids is 2. The number of thioether (sulfide) groups is 1. The second-order valence-electron chi connectivity index (χ2n) is 9.95. The quantitative estimate of drug-likeness (QED) is 0.0219. The molecule has 2 heterocycles. The number of guanidine groups is 1. The SMILES string of the molecule is NC(N)=NCCC[C@H](NC(=O)[C@@H](N)CO)[C@@H](O)C(=O)OCC1=C(C(=O)O)N2C(=O)[C@@H](NC(=O)CCC[C@@H](N)C(=O)O)[C@H]2SC1. The first-order chi connectivity index (χ1) is 20.7. The van der Waals surface area contributed by atoms with Crippen molar-refractivity contribution >= 4 is 53.4 Å². The number of rotatable bonds is 18. The van der Waals surface area contributed by atoms with Gasteiger partial charge in [-0.2, -0.15) is 0 Å². The molecule has 0 saturated carbocycles. The zero-order chi connectivity index (χ0) is 33.1. The van der Waals surface area contributed by atoms with Crippen LogP contribution < -0.4 is 33.6 Å². The number of amides is 3. The normalized spacial score (nSPS) is 20.3. The van der Waals surface area contributed by atoms with Crippen LogP contribution in [0.5, 0.6) is 0 Å². The first kappa shape index (κ1) is 36.2. The number of fused-ring (bicyclic) bond motifs is 1. The number of nitrogens with zero attached hydrogens (tertiary/aromatic N) is 2. The Morgan fingerprint density at radius 1 is 1.09 bits per heavy atom. The topological polar surface area (TPSA) is 336 Å². The van der Waals surface area contributed by atoms with Crippen molar-refractivity contribution in [3.05, 3.63) is 11.3 Å². The average molecular weight is 647 g/mol. The van der Waals surface area contributed by atoms with Gasteiger partial charge in [-0.25, -0.2) is 9.59 Å². The maximum atomic E-state index is 12.8. The van der Waals surface area contributed by atoms with Gasteiger partial charge >= 0.3 is 17.9 Å². The van der Waals surface area contributed by atoms with Gasteiger partial charge in [0.05, 0.1) is 12.6 Å². The highest BCUT2D eigenvalue weighted by Crippen LogP contribution is 2.40. The Morgan fingerprint density at radius 2 is 1.77 bits per heavy atom. The fourth-order valence-electron chi connectivity index (χ4n) is 4.25. The standard InChI is InChI=1S/C24H38N8O11S/c25-11(21(38)39)3-1-5-14(34)31-15-19(37)32-16(22(40)41)10(9-44-20(15)32)8-43-23(42)17(35)13(4-2-6-29-24(27)28)30-18(36)12(26)7-33/h11-13,15,17,20,33,35H,1-9,25-26H2,(H,30,36)(H,31,34)(H,38,39)(H,40,41)(H4,27,28,29)/t11-,12+,13+,15-,17-,20-/m1/s1. The van der Waals surface area contributed by atoms with Crippen LogP contribution in [0.1, 0.15) is 32.1 Å². The third-order valence-electron chi connectivity index (χ3n) is 6.64. The molecule has 0 bridgehead atoms. The van der Waals surface area contributed by atoms with E-state index in [1.807, 2.05) is 0 Å². The van der Waals surface area contributed by atoms with Crippen molar-refractivity contribution in [1.29, 1.82) is 0 Å². The zero-order valence-electron chi connectivity index (χ0n) is 23.6. The summed E-state index contributed by atoms with van der Waals surface area (Å²) < 4.78 is 5.15. The van der Waals surface area contributed by atoms with Gasteiger partial charge in [0.2, 0.25) is 11.8 Å². The van der Waals surface area contributed by atoms with Gasteiger partial charge in [0.1, 0.15) is 35.8 Å². The average Bonchev–Trinajstić information content (AvgIpc) is 2.98. The lowest BCUT2D eigenvalue weighted by Crippen LogP contribution is -2.70. The van der Waals surface area contributed by atoms with E-state index >= 15 is 0 Å². The summed E-state index contributed by atoms with van der Waals surface area (Å²) in [5.41, 5.74) is 21.1. The highest BCUT2D eigenvalue weighted by molar-refractivity contribution is 8.00. The van der Waals surface area contributed by atoms with E-state index in [9.17, 15) is 39.0 Å². The highest BCUT2D eigenvalue weighted by atomic mass is 32.2. The minimum atomic E-state index is -1.92. The molecular weight excluding hydrogens is 608 g/mol. The Hall–Kier alpha value is -3.98. The predicted molar refractivity (Wildman–Crippen MR) is 153 cm³/mol. The summed E-state index contributed by atoms with van der Waals surface area (Å²) in [6, 6.07) is -4.69. The van der Waals surface area contributed by atoms with Crippen LogP contribution in [0.25, 0.3) is 0 Å². The van der Waals surface area contributed by atoms with Crippen molar-refractivity contribution in [1.82, 2.24) is 15.5 Å². The third-order valence-corrected chi connectivity index (χ3v) is 7.98. The molecule has 44 heavy (non-hydrogen) atoms. The van der Waals surface area contributed by atoms with Crippen LogP contribution in [0.4, 0.5) is 0 Å². The molecule has 0 aromatic rings. The van der Waals surface area contributed by atoms with Gasteiger partial charge in [-0.1, -0.05) is 0 Å². The van der Waals surface area contributed by atoms with Crippen molar-refractivity contribution < 1.29 is 53.9 Å². The van der Waals surface area contributed by atoms with E-state index in [1.54, 1.807) is 0 Å². The highest BCUT2D eigenvalue weighted by Gasteiger charge is 2.54. The van der Waals surface area contributed by atoms with E-state index in [4.69, 9.17) is 37.9 Å². The number of aliphatic hydroxyl groups excluding tert-OH is 2. The number of esters is 1. The van der Waals surface area contributed by atoms with Crippen LogP contribution in [0.15, 0.2) is 16.3 Å². The maximum absolute atomic E-state index is 12.8. The van der Waals surface area contributed by atoms with Crippen LogP contribution in [-0.4, -0.2) is 128 Å². The number of ether oxygens (including phenoxy) is 1. The molecule has 20 heteroatoms. The van der Waals surface area contributed by atoms with Crippen LogP contribution in [0.3, 0.4) is 0 Å². The Morgan fingerprint density at radius 3 is 2.36 bits per heavy atom. The molecule has 2 aliphatic heterocycles. The van der Waals surface area contributed by atoms with E-state index in [0.29, 0.717) is 0 Å². The fourth-order valence-corrected chi connectivity index (χ4v) is 5.58. The molecule has 2 rings (SSSR count). The lowest BCUT2D eigenvalue weighted by Gasteiger charge is -2.49. The van der Waals surface area contributed by atoms with E-state index in [0.717, 1.165) is 16.7 Å². The van der Waals surface area contributed by atoms with Gasteiger partial charge in [-0.3, -0.25) is 29.1 Å². The van der Waals surface area contributed by atoms with Crippen LogP contribution in [0, 0.1) is 0 Å². The summed E-state index contributed by atoms with van der Waals surface area (Å²) in [7, 11) is 0. The van der Waals surface area contributed by atoms with Crippen LogP contribution >= 0.6 is 11.8 Å². The molecule has 3 amide bonds. The first-order valence-corrected chi connectivity index (χ1v) is 14.5. The van der Waals surface area contributed by atoms with Crippen molar-refractivity contribution in [2.75, 3.05) is 25.5 Å². The lowest BCUT2D eigenvalue weighted by molar-refractivity contribution is -0.155. The second-order valence-corrected chi connectivity index (χ2v) is 11.1. The number of β-lactam (4-membered cyclic amide) rings is 1. The minimum Gasteiger partial charge on any atom is -0.480 e. The first-order valence-electron chi connectivity index (χ1n) is 13.4. The zero-order valence-corrected chi connectivity index (χ0v) is 24.4. The molecule has 246 valence electrons. The summed E-state index contributed by atoms with van der Waals surface area (Å²) >= 11 is 1.12. The number of nitrogens with one attached hydrogen (secondary N) is 2. The Bertz CT molecular complexity index is 1180. The number of hydrogen-bond acceptors (Lipinski definition) is 13. The number of aliphatic imine (C=N–C) groups is 1.